The summed E-state index contributed by atoms with van der Waals surface area (Å²) in [6, 6.07) is 14.1. The highest BCUT2D eigenvalue weighted by Crippen LogP contribution is 2.40. The van der Waals surface area contributed by atoms with E-state index in [0.717, 1.165) is 22.3 Å². The largest absolute Gasteiger partial charge is 0.506 e. The highest BCUT2D eigenvalue weighted by molar-refractivity contribution is 7.91. The fourth-order valence-electron chi connectivity index (χ4n) is 5.75. The van der Waals surface area contributed by atoms with Crippen molar-refractivity contribution in [2.45, 2.75) is 64.2 Å². The molecular weight excluding hydrogens is 725 g/mol. The number of amides is 2. The van der Waals surface area contributed by atoms with E-state index in [2.05, 4.69) is 23.8 Å². The fraction of sp³-hybridized carbons (Fsp3) is 0.238. The molecule has 0 aromatic heterocycles. The van der Waals surface area contributed by atoms with Crippen LogP contribution in [0.2, 0.25) is 0 Å². The number of phenols is 2. The Labute approximate surface area is 320 Å². The number of rotatable bonds is 14. The number of hydrogen-bond donors (Lipinski definition) is 4. The lowest BCUT2D eigenvalue weighted by Crippen LogP contribution is -2.19. The molecule has 0 fully saturated rings. The summed E-state index contributed by atoms with van der Waals surface area (Å²) in [5, 5.41) is 26.8. The minimum Gasteiger partial charge on any atom is -0.506 e. The number of para-hydroxylation sites is 2. The van der Waals surface area contributed by atoms with Crippen LogP contribution in [0.25, 0.3) is 0 Å². The first-order valence-corrected chi connectivity index (χ1v) is 18.7. The van der Waals surface area contributed by atoms with Gasteiger partial charge in [-0.05, 0) is 111 Å². The molecule has 288 valence electrons. The molecule has 0 atom stereocenters. The van der Waals surface area contributed by atoms with Crippen LogP contribution in [-0.4, -0.2) is 55.6 Å². The predicted octanol–water partition coefficient (Wildman–Crippen LogP) is 6.99. The van der Waals surface area contributed by atoms with Gasteiger partial charge in [-0.15, -0.1) is 0 Å². The molecule has 0 aliphatic rings. The molecule has 0 aliphatic heterocycles. The van der Waals surface area contributed by atoms with Crippen molar-refractivity contribution in [1.82, 2.24) is 0 Å². The van der Waals surface area contributed by atoms with Crippen molar-refractivity contribution in [2.75, 3.05) is 23.8 Å². The number of phenolic OH excluding ortho intramolecular Hbond substituents is 2. The van der Waals surface area contributed by atoms with E-state index in [9.17, 15) is 37.8 Å². The molecule has 0 saturated carbocycles. The first-order valence-electron chi connectivity index (χ1n) is 17.2. The molecule has 0 unspecified atom stereocenters. The molecule has 0 radical (unpaired) electrons. The summed E-state index contributed by atoms with van der Waals surface area (Å²) in [5.74, 6) is -3.49. The third-order valence-corrected chi connectivity index (χ3v) is 10.7. The second-order valence-electron chi connectivity index (χ2n) is 13.2. The molecule has 4 N–H and O–H groups in total. The average Bonchev–Trinajstić information content (AvgIpc) is 3.11. The zero-order chi connectivity index (χ0) is 40.8. The van der Waals surface area contributed by atoms with Crippen LogP contribution in [0.4, 0.5) is 11.4 Å². The maximum Gasteiger partial charge on any atom is 0.333 e. The van der Waals surface area contributed by atoms with Crippen LogP contribution in [0.5, 0.6) is 11.5 Å². The highest BCUT2D eigenvalue weighted by Gasteiger charge is 2.30. The van der Waals surface area contributed by atoms with Gasteiger partial charge in [-0.25, -0.2) is 18.0 Å². The quantitative estimate of drug-likeness (QED) is 0.0592. The number of aryl methyl sites for hydroxylation is 4. The van der Waals surface area contributed by atoms with Crippen molar-refractivity contribution >= 4 is 45.0 Å². The van der Waals surface area contributed by atoms with E-state index in [1.54, 1.807) is 65.8 Å². The minimum absolute atomic E-state index is 0.107. The lowest BCUT2D eigenvalue weighted by atomic mass is 9.97. The van der Waals surface area contributed by atoms with Crippen LogP contribution in [0.1, 0.15) is 67.9 Å². The number of nitrogens with one attached hydrogen (secondary N) is 2. The Kier molecular flexibility index (Phi) is 13.1. The molecule has 0 aliphatic carbocycles. The van der Waals surface area contributed by atoms with Crippen molar-refractivity contribution in [3.05, 3.63) is 129 Å². The standard InChI is InChI=1S/C42H44N2O10S/c1-23(2)41(49)53-17-15-29-19-27(7)31(21-25(29)5)39(47)43-37-33(45)11-9-13-35(37)55(51,52)36-14-10-12-34(46)38(36)44-40(48)32-22-26(6)30(20-28(32)8)16-18-54-42(50)24(3)4/h9-14,19-22,45-46H,1,3,15-18H2,2,4-8H3,(H,43,47)(H,44,48). The monoisotopic (exact) mass is 768 g/mol. The van der Waals surface area contributed by atoms with Gasteiger partial charge in [-0.3, -0.25) is 9.59 Å². The van der Waals surface area contributed by atoms with E-state index in [-0.39, 0.29) is 35.5 Å². The Hall–Kier alpha value is -6.21. The maximum atomic E-state index is 14.3. The van der Waals surface area contributed by atoms with Gasteiger partial charge < -0.3 is 30.3 Å². The summed E-state index contributed by atoms with van der Waals surface area (Å²) < 4.78 is 39.0. The van der Waals surface area contributed by atoms with Gasteiger partial charge in [0.1, 0.15) is 22.9 Å². The number of carbonyl (C=O) groups excluding carboxylic acids is 4. The van der Waals surface area contributed by atoms with Crippen LogP contribution < -0.4 is 10.6 Å². The van der Waals surface area contributed by atoms with E-state index >= 15 is 0 Å². The average molecular weight is 769 g/mol. The molecule has 55 heavy (non-hydrogen) atoms. The van der Waals surface area contributed by atoms with Crippen LogP contribution in [0.15, 0.2) is 94.8 Å². The molecule has 12 nitrogen and oxygen atoms in total. The molecule has 4 aromatic rings. The molecule has 0 saturated heterocycles. The second kappa shape index (κ2) is 17.3. The Morgan fingerprint density at radius 3 is 1.33 bits per heavy atom. The van der Waals surface area contributed by atoms with Crippen LogP contribution in [0.3, 0.4) is 0 Å². The van der Waals surface area contributed by atoms with Gasteiger partial charge in [-0.2, -0.15) is 0 Å². The molecular formula is C42H44N2O10S. The molecule has 4 aromatic carbocycles. The van der Waals surface area contributed by atoms with Crippen LogP contribution in [0, 0.1) is 27.7 Å². The molecule has 0 spiro atoms. The number of hydrogen-bond acceptors (Lipinski definition) is 10. The second-order valence-corrected chi connectivity index (χ2v) is 15.1. The van der Waals surface area contributed by atoms with Gasteiger partial charge in [0.05, 0.1) is 23.0 Å². The smallest absolute Gasteiger partial charge is 0.333 e. The summed E-state index contributed by atoms with van der Waals surface area (Å²) in [5.41, 5.74) is 4.36. The zero-order valence-corrected chi connectivity index (χ0v) is 32.4. The number of aromatic hydroxyl groups is 2. The number of sulfone groups is 1. The van der Waals surface area contributed by atoms with Gasteiger partial charge in [0, 0.05) is 35.1 Å². The van der Waals surface area contributed by atoms with Gasteiger partial charge in [0.15, 0.2) is 0 Å². The summed E-state index contributed by atoms with van der Waals surface area (Å²) in [4.78, 5) is 49.8. The lowest BCUT2D eigenvalue weighted by Gasteiger charge is -2.18. The Morgan fingerprint density at radius 1 is 0.618 bits per heavy atom. The van der Waals surface area contributed by atoms with Crippen LogP contribution in [-0.2, 0) is 41.7 Å². The first-order chi connectivity index (χ1) is 25.8. The van der Waals surface area contributed by atoms with E-state index in [1.807, 2.05) is 0 Å². The van der Waals surface area contributed by atoms with E-state index < -0.39 is 66.3 Å². The number of esters is 2. The Balaban J connectivity index is 1.62. The third kappa shape index (κ3) is 9.67. The first kappa shape index (κ1) is 41.5. The molecule has 0 bridgehead atoms. The van der Waals surface area contributed by atoms with Crippen molar-refractivity contribution in [3.63, 3.8) is 0 Å². The lowest BCUT2D eigenvalue weighted by molar-refractivity contribution is -0.139. The van der Waals surface area contributed by atoms with Crippen molar-refractivity contribution < 1.29 is 47.3 Å². The SMILES string of the molecule is C=C(C)C(=O)OCCc1cc(C)c(C(=O)Nc2c(O)cccc2S(=O)(=O)c2cccc(O)c2NC(=O)c2cc(C)c(CCOC(=O)C(=C)C)cc2C)cc1C. The zero-order valence-electron chi connectivity index (χ0n) is 31.6. The number of benzene rings is 4. The van der Waals surface area contributed by atoms with Gasteiger partial charge in [0.25, 0.3) is 11.8 Å². The van der Waals surface area contributed by atoms with E-state index in [1.165, 1.54) is 36.4 Å². The topological polar surface area (TPSA) is 185 Å². The minimum atomic E-state index is -4.64. The Bertz CT molecular complexity index is 2190. The summed E-state index contributed by atoms with van der Waals surface area (Å²) in [7, 11) is -4.64. The maximum absolute atomic E-state index is 14.3. The Morgan fingerprint density at radius 2 is 0.982 bits per heavy atom. The molecule has 4 rings (SSSR count). The van der Waals surface area contributed by atoms with E-state index in [0.29, 0.717) is 24.0 Å². The summed E-state index contributed by atoms with van der Waals surface area (Å²) in [6.07, 6.45) is 0.773. The van der Waals surface area contributed by atoms with Crippen molar-refractivity contribution in [2.24, 2.45) is 0 Å². The van der Waals surface area contributed by atoms with Crippen molar-refractivity contribution in [1.29, 1.82) is 0 Å². The normalized spacial score (nSPS) is 11.0. The third-order valence-electron chi connectivity index (χ3n) is 8.83. The van der Waals surface area contributed by atoms with Gasteiger partial charge in [0.2, 0.25) is 9.84 Å². The fourth-order valence-corrected chi connectivity index (χ4v) is 7.35. The van der Waals surface area contributed by atoms with Crippen LogP contribution >= 0.6 is 0 Å². The number of ether oxygens (including phenoxy) is 2. The summed E-state index contributed by atoms with van der Waals surface area (Å²) in [6.45, 7) is 17.4. The highest BCUT2D eigenvalue weighted by atomic mass is 32.2. The molecule has 0 heterocycles. The summed E-state index contributed by atoms with van der Waals surface area (Å²) >= 11 is 0. The molecule has 13 heteroatoms. The number of anilines is 2. The van der Waals surface area contributed by atoms with E-state index in [4.69, 9.17) is 9.47 Å². The van der Waals surface area contributed by atoms with Gasteiger partial charge in [-0.1, -0.05) is 37.4 Å². The number of carbonyl (C=O) groups is 4. The molecule has 2 amide bonds. The van der Waals surface area contributed by atoms with Gasteiger partial charge >= 0.3 is 11.9 Å². The van der Waals surface area contributed by atoms with Crippen molar-refractivity contribution in [3.8, 4) is 11.5 Å². The predicted molar refractivity (Wildman–Crippen MR) is 208 cm³/mol.